The normalized spacial score (nSPS) is 19.8. The molecule has 0 saturated carbocycles. The average Bonchev–Trinajstić information content (AvgIpc) is 2.53. The van der Waals surface area contributed by atoms with E-state index < -0.39 is 0 Å². The Morgan fingerprint density at radius 3 is 2.55 bits per heavy atom. The molecule has 0 aromatic heterocycles. The quantitative estimate of drug-likeness (QED) is 0.829. The van der Waals surface area contributed by atoms with E-state index >= 15 is 0 Å². The van der Waals surface area contributed by atoms with Crippen LogP contribution in [0.3, 0.4) is 0 Å². The first-order chi connectivity index (χ1) is 10.5. The summed E-state index contributed by atoms with van der Waals surface area (Å²) in [6, 6.07) is 7.11. The largest absolute Gasteiger partial charge is 0.487 e. The van der Waals surface area contributed by atoms with E-state index in [4.69, 9.17) is 4.74 Å². The molecule has 1 aromatic rings. The van der Waals surface area contributed by atoms with Crippen LogP contribution in [0.15, 0.2) is 18.2 Å². The summed E-state index contributed by atoms with van der Waals surface area (Å²) in [6.45, 7) is 8.77. The van der Waals surface area contributed by atoms with E-state index in [9.17, 15) is 0 Å². The molecule has 0 aliphatic carbocycles. The second-order valence-corrected chi connectivity index (χ2v) is 6.73. The Morgan fingerprint density at radius 2 is 1.95 bits per heavy atom. The lowest BCUT2D eigenvalue weighted by Gasteiger charge is -2.42. The molecule has 3 nitrogen and oxygen atoms in total. The van der Waals surface area contributed by atoms with Crippen molar-refractivity contribution in [1.29, 1.82) is 0 Å². The molecule has 124 valence electrons. The lowest BCUT2D eigenvalue weighted by Crippen LogP contribution is -2.44. The summed E-state index contributed by atoms with van der Waals surface area (Å²) in [5.74, 6) is 1.08. The number of benzene rings is 1. The number of hydrogen-bond donors (Lipinski definition) is 1. The molecule has 0 radical (unpaired) electrons. The highest BCUT2D eigenvalue weighted by molar-refractivity contribution is 5.42. The summed E-state index contributed by atoms with van der Waals surface area (Å²) < 4.78 is 6.42. The van der Waals surface area contributed by atoms with Crippen molar-refractivity contribution in [2.75, 3.05) is 27.2 Å². The van der Waals surface area contributed by atoms with Crippen molar-refractivity contribution in [3.05, 3.63) is 29.3 Å². The maximum absolute atomic E-state index is 6.42. The second kappa shape index (κ2) is 7.47. The molecule has 22 heavy (non-hydrogen) atoms. The van der Waals surface area contributed by atoms with Crippen LogP contribution in [0, 0.1) is 0 Å². The van der Waals surface area contributed by atoms with Crippen LogP contribution in [0.2, 0.25) is 0 Å². The van der Waals surface area contributed by atoms with Gasteiger partial charge in [-0.2, -0.15) is 0 Å². The monoisotopic (exact) mass is 304 g/mol. The fourth-order valence-electron chi connectivity index (χ4n) is 3.27. The highest BCUT2D eigenvalue weighted by Crippen LogP contribution is 2.43. The van der Waals surface area contributed by atoms with Crippen LogP contribution in [0.5, 0.6) is 5.75 Å². The van der Waals surface area contributed by atoms with Gasteiger partial charge in [-0.1, -0.05) is 32.9 Å². The highest BCUT2D eigenvalue weighted by atomic mass is 16.5. The fraction of sp³-hybridized carbons (Fsp3) is 0.684. The molecule has 3 heteroatoms. The van der Waals surface area contributed by atoms with Crippen molar-refractivity contribution in [2.24, 2.45) is 0 Å². The topological polar surface area (TPSA) is 24.5 Å². The van der Waals surface area contributed by atoms with Crippen LogP contribution in [0.1, 0.15) is 57.2 Å². The van der Waals surface area contributed by atoms with E-state index in [-0.39, 0.29) is 5.60 Å². The molecule has 0 bridgehead atoms. The lowest BCUT2D eigenvalue weighted by atomic mass is 9.83. The molecule has 1 atom stereocenters. The molecular formula is C19H32N2O. The lowest BCUT2D eigenvalue weighted by molar-refractivity contribution is 0.0226. The minimum atomic E-state index is -0.0173. The fourth-order valence-corrected chi connectivity index (χ4v) is 3.27. The van der Waals surface area contributed by atoms with Crippen molar-refractivity contribution < 1.29 is 4.74 Å². The molecule has 2 rings (SSSR count). The first kappa shape index (κ1) is 17.3. The van der Waals surface area contributed by atoms with Crippen LogP contribution in [0.25, 0.3) is 0 Å². The number of nitrogens with zero attached hydrogens (tertiary/aromatic N) is 1. The van der Waals surface area contributed by atoms with Crippen molar-refractivity contribution >= 4 is 0 Å². The Bertz CT molecular complexity index is 480. The van der Waals surface area contributed by atoms with Crippen LogP contribution in [0.4, 0.5) is 0 Å². The number of rotatable bonds is 7. The number of aryl methyl sites for hydroxylation is 1. The first-order valence-corrected chi connectivity index (χ1v) is 8.73. The van der Waals surface area contributed by atoms with Crippen molar-refractivity contribution in [3.63, 3.8) is 0 Å². The van der Waals surface area contributed by atoms with Gasteiger partial charge in [-0.25, -0.2) is 0 Å². The van der Waals surface area contributed by atoms with Crippen LogP contribution >= 0.6 is 0 Å². The maximum Gasteiger partial charge on any atom is 0.124 e. The standard InChI is InChI=1S/C19H32N2O/c1-6-15-9-10-18-16(13-15)17(20-11-12-21(4)5)14-19(7-2,8-3)22-18/h9-10,13,17,20H,6-8,11-12,14H2,1-5H3. The smallest absolute Gasteiger partial charge is 0.124 e. The molecule has 0 amide bonds. The van der Waals surface area contributed by atoms with Gasteiger partial charge in [-0.05, 0) is 45.0 Å². The van der Waals surface area contributed by atoms with Crippen molar-refractivity contribution in [1.82, 2.24) is 10.2 Å². The zero-order valence-corrected chi connectivity index (χ0v) is 14.9. The number of fused-ring (bicyclic) bond motifs is 1. The molecule has 1 aromatic carbocycles. The Morgan fingerprint density at radius 1 is 1.23 bits per heavy atom. The van der Waals surface area contributed by atoms with Crippen molar-refractivity contribution in [2.45, 2.75) is 58.1 Å². The zero-order chi connectivity index (χ0) is 16.2. The Labute approximate surface area is 136 Å². The minimum absolute atomic E-state index is 0.0173. The highest BCUT2D eigenvalue weighted by Gasteiger charge is 2.38. The third-order valence-corrected chi connectivity index (χ3v) is 5.00. The zero-order valence-electron chi connectivity index (χ0n) is 14.9. The molecule has 0 fully saturated rings. The van der Waals surface area contributed by atoms with Crippen LogP contribution in [-0.2, 0) is 6.42 Å². The van der Waals surface area contributed by atoms with Crippen LogP contribution in [-0.4, -0.2) is 37.7 Å². The molecule has 1 N–H and O–H groups in total. The number of nitrogens with one attached hydrogen (secondary N) is 1. The predicted molar refractivity (Wildman–Crippen MR) is 93.7 cm³/mol. The van der Waals surface area contributed by atoms with Gasteiger partial charge in [-0.15, -0.1) is 0 Å². The van der Waals surface area contributed by atoms with E-state index in [1.807, 2.05) is 0 Å². The van der Waals surface area contributed by atoms with Gasteiger partial charge in [0.05, 0.1) is 0 Å². The predicted octanol–water partition coefficient (Wildman–Crippen LogP) is 3.78. The van der Waals surface area contributed by atoms with E-state index in [1.165, 1.54) is 11.1 Å². The van der Waals surface area contributed by atoms with Gasteiger partial charge < -0.3 is 15.0 Å². The first-order valence-electron chi connectivity index (χ1n) is 8.73. The third-order valence-electron chi connectivity index (χ3n) is 5.00. The van der Waals surface area contributed by atoms with Gasteiger partial charge in [0.15, 0.2) is 0 Å². The molecule has 0 spiro atoms. The minimum Gasteiger partial charge on any atom is -0.487 e. The van der Waals surface area contributed by atoms with Gasteiger partial charge >= 0.3 is 0 Å². The van der Waals surface area contributed by atoms with Crippen molar-refractivity contribution in [3.8, 4) is 5.75 Å². The Hall–Kier alpha value is -1.06. The third kappa shape index (κ3) is 3.82. The Kier molecular flexibility index (Phi) is 5.87. The van der Waals surface area contributed by atoms with Gasteiger partial charge in [-0.3, -0.25) is 0 Å². The number of likely N-dealkylation sites (N-methyl/N-ethyl adjacent to an activating group) is 1. The molecule has 1 aliphatic rings. The van der Waals surface area contributed by atoms with E-state index in [0.717, 1.165) is 44.5 Å². The maximum atomic E-state index is 6.42. The second-order valence-electron chi connectivity index (χ2n) is 6.73. The summed E-state index contributed by atoms with van der Waals surface area (Å²) >= 11 is 0. The number of hydrogen-bond acceptors (Lipinski definition) is 3. The van der Waals surface area contributed by atoms with Gasteiger partial charge in [0.25, 0.3) is 0 Å². The molecule has 0 saturated heterocycles. The average molecular weight is 304 g/mol. The van der Waals surface area contributed by atoms with Gasteiger partial charge in [0, 0.05) is 31.1 Å². The summed E-state index contributed by atoms with van der Waals surface area (Å²) in [6.07, 6.45) is 4.26. The molecular weight excluding hydrogens is 272 g/mol. The SMILES string of the molecule is CCc1ccc2c(c1)C(NCCN(C)C)CC(CC)(CC)O2. The summed E-state index contributed by atoms with van der Waals surface area (Å²) in [7, 11) is 4.24. The van der Waals surface area contributed by atoms with E-state index in [1.54, 1.807) is 0 Å². The van der Waals surface area contributed by atoms with Gasteiger partial charge in [0.2, 0.25) is 0 Å². The van der Waals surface area contributed by atoms with Crippen LogP contribution < -0.4 is 10.1 Å². The summed E-state index contributed by atoms with van der Waals surface area (Å²) in [4.78, 5) is 2.22. The summed E-state index contributed by atoms with van der Waals surface area (Å²) in [5, 5.41) is 3.76. The Balaban J connectivity index is 2.25. The summed E-state index contributed by atoms with van der Waals surface area (Å²) in [5.41, 5.74) is 2.72. The molecule has 1 heterocycles. The van der Waals surface area contributed by atoms with Gasteiger partial charge in [0.1, 0.15) is 11.4 Å². The van der Waals surface area contributed by atoms with E-state index in [2.05, 4.69) is 63.3 Å². The molecule has 1 unspecified atom stereocenters. The number of ether oxygens (including phenoxy) is 1. The van der Waals surface area contributed by atoms with E-state index in [0.29, 0.717) is 6.04 Å². The molecule has 1 aliphatic heterocycles.